The van der Waals surface area contributed by atoms with E-state index in [1.165, 1.54) is 0 Å². The molecule has 1 unspecified atom stereocenters. The van der Waals surface area contributed by atoms with Crippen LogP contribution < -0.4 is 0 Å². The van der Waals surface area contributed by atoms with Gasteiger partial charge in [0.25, 0.3) is 0 Å². The Morgan fingerprint density at radius 1 is 1.58 bits per heavy atom. The van der Waals surface area contributed by atoms with Crippen LogP contribution >= 0.6 is 12.4 Å². The van der Waals surface area contributed by atoms with Gasteiger partial charge in [-0.15, -0.1) is 12.4 Å². The van der Waals surface area contributed by atoms with Crippen LogP contribution in [0.1, 0.15) is 26.7 Å². The fourth-order valence-corrected chi connectivity index (χ4v) is 0.675. The molecule has 74 valence electrons. The van der Waals surface area contributed by atoms with Gasteiger partial charge in [0.1, 0.15) is 0 Å². The van der Waals surface area contributed by atoms with Gasteiger partial charge in [0.2, 0.25) is 0 Å². The largest absolute Gasteiger partial charge is 0.466 e. The molecule has 0 rings (SSSR count). The maximum absolute atomic E-state index is 11.9. The summed E-state index contributed by atoms with van der Waals surface area (Å²) in [5, 5.41) is 0. The maximum Gasteiger partial charge on any atom is 0.305 e. The van der Waals surface area contributed by atoms with E-state index in [-0.39, 0.29) is 31.0 Å². The number of ether oxygens (including phenoxy) is 1. The lowest BCUT2D eigenvalue weighted by molar-refractivity contribution is -0.143. The normalized spacial score (nSPS) is 11.6. The van der Waals surface area contributed by atoms with E-state index in [1.807, 2.05) is 0 Å². The molecule has 0 saturated heterocycles. The third kappa shape index (κ3) is 7.79. The molecule has 0 N–H and O–H groups in total. The fraction of sp³-hybridized carbons (Fsp3) is 0.875. The van der Waals surface area contributed by atoms with Crippen molar-refractivity contribution in [2.75, 3.05) is 13.3 Å². The minimum absolute atomic E-state index is 0. The van der Waals surface area contributed by atoms with Gasteiger partial charge in [-0.1, -0.05) is 6.92 Å². The summed E-state index contributed by atoms with van der Waals surface area (Å²) in [6, 6.07) is 0. The monoisotopic (exact) mass is 198 g/mol. The van der Waals surface area contributed by atoms with Crippen molar-refractivity contribution in [3.8, 4) is 0 Å². The Balaban J connectivity index is 0. The number of hydrogen-bond donors (Lipinski definition) is 0. The van der Waals surface area contributed by atoms with Gasteiger partial charge in [-0.05, 0) is 19.3 Å². The average Bonchev–Trinajstić information content (AvgIpc) is 2.01. The highest BCUT2D eigenvalue weighted by molar-refractivity contribution is 5.85. The van der Waals surface area contributed by atoms with Crippen LogP contribution in [0, 0.1) is 5.92 Å². The highest BCUT2D eigenvalue weighted by Crippen LogP contribution is 2.06. The van der Waals surface area contributed by atoms with Gasteiger partial charge < -0.3 is 4.74 Å². The van der Waals surface area contributed by atoms with Crippen molar-refractivity contribution >= 4 is 18.4 Å². The highest BCUT2D eigenvalue weighted by atomic mass is 35.5. The molecule has 0 aromatic rings. The molecule has 4 heteroatoms. The van der Waals surface area contributed by atoms with E-state index < -0.39 is 0 Å². The summed E-state index contributed by atoms with van der Waals surface area (Å²) in [5.74, 6) is -0.257. The second-order valence-corrected chi connectivity index (χ2v) is 2.60. The molecule has 0 aromatic heterocycles. The second-order valence-electron chi connectivity index (χ2n) is 2.60. The van der Waals surface area contributed by atoms with E-state index in [0.29, 0.717) is 19.4 Å². The van der Waals surface area contributed by atoms with E-state index in [0.717, 1.165) is 0 Å². The van der Waals surface area contributed by atoms with Crippen LogP contribution in [0.2, 0.25) is 0 Å². The van der Waals surface area contributed by atoms with E-state index in [1.54, 1.807) is 13.8 Å². The van der Waals surface area contributed by atoms with E-state index in [4.69, 9.17) is 0 Å². The van der Waals surface area contributed by atoms with E-state index in [9.17, 15) is 9.18 Å². The number of carbonyl (C=O) groups is 1. The smallest absolute Gasteiger partial charge is 0.305 e. The molecular weight excluding hydrogens is 183 g/mol. The zero-order valence-electron chi connectivity index (χ0n) is 7.51. The molecule has 0 aliphatic carbocycles. The van der Waals surface area contributed by atoms with Crippen molar-refractivity contribution in [1.82, 2.24) is 0 Å². The number of halogens is 2. The minimum Gasteiger partial charge on any atom is -0.466 e. The average molecular weight is 199 g/mol. The molecule has 0 aliphatic rings. The third-order valence-corrected chi connectivity index (χ3v) is 1.41. The zero-order chi connectivity index (χ0) is 8.69. The Labute approximate surface area is 78.9 Å². The zero-order valence-corrected chi connectivity index (χ0v) is 8.32. The standard InChI is InChI=1S/C8H15FO2.ClH/c1-3-11-8(10)5-4-7(2)6-9;/h7H,3-6H2,1-2H3;1H. The molecule has 0 bridgehead atoms. The molecule has 0 aliphatic heterocycles. The number of alkyl halides is 1. The molecule has 0 heterocycles. The SMILES string of the molecule is CCOC(=O)CCC(C)CF.Cl. The lowest BCUT2D eigenvalue weighted by Crippen LogP contribution is -2.07. The van der Waals surface area contributed by atoms with Gasteiger partial charge >= 0.3 is 5.97 Å². The Morgan fingerprint density at radius 3 is 2.58 bits per heavy atom. The summed E-state index contributed by atoms with van der Waals surface area (Å²) in [5.41, 5.74) is 0. The fourth-order valence-electron chi connectivity index (χ4n) is 0.675. The summed E-state index contributed by atoms with van der Waals surface area (Å²) in [7, 11) is 0. The van der Waals surface area contributed by atoms with Crippen LogP contribution in [0.3, 0.4) is 0 Å². The van der Waals surface area contributed by atoms with Crippen molar-refractivity contribution in [3.63, 3.8) is 0 Å². The maximum atomic E-state index is 11.9. The molecule has 2 nitrogen and oxygen atoms in total. The molecule has 1 atom stereocenters. The minimum atomic E-state index is -0.362. The van der Waals surface area contributed by atoms with Crippen molar-refractivity contribution in [3.05, 3.63) is 0 Å². The molecule has 0 fully saturated rings. The topological polar surface area (TPSA) is 26.3 Å². The number of carbonyl (C=O) groups excluding carboxylic acids is 1. The van der Waals surface area contributed by atoms with Crippen LogP contribution in [-0.2, 0) is 9.53 Å². The first kappa shape index (κ1) is 14.2. The van der Waals surface area contributed by atoms with Crippen LogP contribution in [0.25, 0.3) is 0 Å². The summed E-state index contributed by atoms with van der Waals surface area (Å²) < 4.78 is 16.5. The summed E-state index contributed by atoms with van der Waals surface area (Å²) in [6.07, 6.45) is 0.911. The van der Waals surface area contributed by atoms with Gasteiger partial charge in [-0.25, -0.2) is 0 Å². The summed E-state index contributed by atoms with van der Waals surface area (Å²) in [6.45, 7) is 3.58. The van der Waals surface area contributed by atoms with Crippen molar-refractivity contribution in [2.45, 2.75) is 26.7 Å². The van der Waals surface area contributed by atoms with Gasteiger partial charge in [0.05, 0.1) is 13.3 Å². The molecular formula is C8H16ClFO2. The van der Waals surface area contributed by atoms with E-state index in [2.05, 4.69) is 4.74 Å². The molecule has 0 saturated carbocycles. The number of hydrogen-bond acceptors (Lipinski definition) is 2. The first-order chi connectivity index (χ1) is 5.20. The second kappa shape index (κ2) is 8.78. The summed E-state index contributed by atoms with van der Waals surface area (Å²) >= 11 is 0. The predicted molar refractivity (Wildman–Crippen MR) is 48.3 cm³/mol. The predicted octanol–water partition coefficient (Wildman–Crippen LogP) is 2.36. The van der Waals surface area contributed by atoms with Crippen molar-refractivity contribution in [2.24, 2.45) is 5.92 Å². The van der Waals surface area contributed by atoms with Gasteiger partial charge in [0, 0.05) is 6.42 Å². The Kier molecular flexibility index (Phi) is 10.4. The van der Waals surface area contributed by atoms with Crippen LogP contribution in [0.5, 0.6) is 0 Å². The first-order valence-electron chi connectivity index (χ1n) is 3.92. The lowest BCUT2D eigenvalue weighted by Gasteiger charge is -2.04. The van der Waals surface area contributed by atoms with Crippen LogP contribution in [0.4, 0.5) is 4.39 Å². The third-order valence-electron chi connectivity index (χ3n) is 1.41. The molecule has 0 spiro atoms. The Morgan fingerprint density at radius 2 is 2.17 bits per heavy atom. The van der Waals surface area contributed by atoms with Crippen LogP contribution in [-0.4, -0.2) is 19.3 Å². The van der Waals surface area contributed by atoms with Gasteiger partial charge in [-0.2, -0.15) is 0 Å². The Hall–Kier alpha value is -0.310. The molecule has 12 heavy (non-hydrogen) atoms. The van der Waals surface area contributed by atoms with Gasteiger partial charge in [0.15, 0.2) is 0 Å². The van der Waals surface area contributed by atoms with Crippen molar-refractivity contribution in [1.29, 1.82) is 0 Å². The quantitative estimate of drug-likeness (QED) is 0.634. The van der Waals surface area contributed by atoms with E-state index >= 15 is 0 Å². The van der Waals surface area contributed by atoms with Crippen molar-refractivity contribution < 1.29 is 13.9 Å². The highest BCUT2D eigenvalue weighted by Gasteiger charge is 2.05. The molecule has 0 radical (unpaired) electrons. The lowest BCUT2D eigenvalue weighted by atomic mass is 10.1. The van der Waals surface area contributed by atoms with Gasteiger partial charge in [-0.3, -0.25) is 9.18 Å². The number of esters is 1. The molecule has 0 aromatic carbocycles. The van der Waals surface area contributed by atoms with Crippen LogP contribution in [0.15, 0.2) is 0 Å². The summed E-state index contributed by atoms with van der Waals surface area (Å²) in [4.78, 5) is 10.7. The number of rotatable bonds is 5. The first-order valence-corrected chi connectivity index (χ1v) is 3.92. The Bertz CT molecular complexity index is 120. The molecule has 0 amide bonds.